The summed E-state index contributed by atoms with van der Waals surface area (Å²) in [4.78, 5) is 64.0. The first kappa shape index (κ1) is 39.6. The first-order valence-corrected chi connectivity index (χ1v) is 20.0. The molecule has 4 atom stereocenters. The van der Waals surface area contributed by atoms with Gasteiger partial charge in [0.05, 0.1) is 49.6 Å². The molecule has 0 aliphatic carbocycles. The van der Waals surface area contributed by atoms with Gasteiger partial charge in [-0.05, 0) is 59.6 Å². The van der Waals surface area contributed by atoms with Crippen molar-refractivity contribution < 1.29 is 28.7 Å². The van der Waals surface area contributed by atoms with E-state index in [1.54, 1.807) is 16.0 Å². The zero-order valence-electron chi connectivity index (χ0n) is 33.3. The van der Waals surface area contributed by atoms with Crippen LogP contribution in [0.15, 0.2) is 121 Å². The van der Waals surface area contributed by atoms with Crippen molar-refractivity contribution in [2.75, 3.05) is 27.3 Å². The van der Waals surface area contributed by atoms with Crippen molar-refractivity contribution >= 4 is 24.0 Å². The van der Waals surface area contributed by atoms with Crippen molar-refractivity contribution in [1.82, 2.24) is 40.6 Å². The van der Waals surface area contributed by atoms with Crippen molar-refractivity contribution in [1.29, 1.82) is 0 Å². The topological polar surface area (TPSA) is 175 Å². The molecule has 8 rings (SSSR count). The number of benzene rings is 4. The van der Waals surface area contributed by atoms with Gasteiger partial charge in [0.1, 0.15) is 17.9 Å². The highest BCUT2D eigenvalue weighted by Crippen LogP contribution is 2.37. The van der Waals surface area contributed by atoms with Crippen LogP contribution in [0.25, 0.3) is 33.6 Å². The summed E-state index contributed by atoms with van der Waals surface area (Å²) in [6.07, 6.45) is 3.61. The van der Waals surface area contributed by atoms with E-state index in [0.29, 0.717) is 30.0 Å². The molecule has 14 heteroatoms. The minimum absolute atomic E-state index is 0.204. The van der Waals surface area contributed by atoms with Gasteiger partial charge in [-0.3, -0.25) is 14.7 Å². The number of ether oxygens (including phenoxy) is 2. The smallest absolute Gasteiger partial charge is 0.407 e. The molecule has 2 aliphatic rings. The second-order valence-electron chi connectivity index (χ2n) is 14.9. The molecule has 0 spiro atoms. The van der Waals surface area contributed by atoms with Gasteiger partial charge in [-0.1, -0.05) is 109 Å². The van der Waals surface area contributed by atoms with E-state index >= 15 is 0 Å². The summed E-state index contributed by atoms with van der Waals surface area (Å²) < 4.78 is 9.66. The molecule has 4 N–H and O–H groups in total. The van der Waals surface area contributed by atoms with Crippen LogP contribution in [0, 0.1) is 0 Å². The largest absolute Gasteiger partial charge is 0.453 e. The number of methoxy groups -OCH3 is 2. The molecule has 0 saturated carbocycles. The third-order valence-electron chi connectivity index (χ3n) is 11.3. The number of imidazole rings is 1. The Morgan fingerprint density at radius 1 is 0.650 bits per heavy atom. The van der Waals surface area contributed by atoms with E-state index in [-0.39, 0.29) is 23.9 Å². The molecule has 2 aromatic heterocycles. The lowest BCUT2D eigenvalue weighted by atomic mass is 10.0. The van der Waals surface area contributed by atoms with Gasteiger partial charge in [-0.15, -0.1) is 0 Å². The summed E-state index contributed by atoms with van der Waals surface area (Å²) in [5.41, 5.74) is 7.77. The van der Waals surface area contributed by atoms with Gasteiger partial charge in [-0.2, -0.15) is 5.10 Å². The molecule has 4 amide bonds. The van der Waals surface area contributed by atoms with Crippen molar-refractivity contribution in [3.8, 4) is 33.6 Å². The third kappa shape index (κ3) is 8.35. The lowest BCUT2D eigenvalue weighted by Crippen LogP contribution is -2.42. The number of carbonyl (C=O) groups excluding carboxylic acids is 4. The lowest BCUT2D eigenvalue weighted by molar-refractivity contribution is -0.135. The quantitative estimate of drug-likeness (QED) is 0.103. The van der Waals surface area contributed by atoms with Crippen LogP contribution in [-0.2, 0) is 19.1 Å². The SMILES string of the molecule is COC(=O)N[C@@H](C(=O)N1CCC[C@H]1c1cc(-c2ccc(-c3ccc(-c4cnc([C@@H]5CCCN5C(=O)[C@H](NC(=O)OC)c5ccccc5)[nH]4)cc3)cc2)n[nH]1)c1ccccc1. The maximum absolute atomic E-state index is 13.9. The van der Waals surface area contributed by atoms with Crippen LogP contribution >= 0.6 is 0 Å². The van der Waals surface area contributed by atoms with E-state index in [1.807, 2.05) is 91.0 Å². The molecule has 6 aromatic rings. The molecule has 0 unspecified atom stereocenters. The summed E-state index contributed by atoms with van der Waals surface area (Å²) in [5, 5.41) is 13.2. The number of aromatic amines is 2. The first-order valence-electron chi connectivity index (χ1n) is 20.0. The number of alkyl carbamates (subject to hydrolysis) is 2. The van der Waals surface area contributed by atoms with Gasteiger partial charge in [-0.25, -0.2) is 14.6 Å². The van der Waals surface area contributed by atoms with Crippen molar-refractivity contribution in [3.63, 3.8) is 0 Å². The van der Waals surface area contributed by atoms with E-state index in [2.05, 4.69) is 50.1 Å². The molecular formula is C46H46N8O6. The summed E-state index contributed by atoms with van der Waals surface area (Å²) in [7, 11) is 2.56. The average Bonchev–Trinajstić information content (AvgIpc) is 4.15. The number of likely N-dealkylation sites (tertiary alicyclic amines) is 2. The predicted octanol–water partition coefficient (Wildman–Crippen LogP) is 7.66. The maximum atomic E-state index is 13.9. The van der Waals surface area contributed by atoms with E-state index < -0.39 is 24.3 Å². The minimum atomic E-state index is -0.884. The summed E-state index contributed by atoms with van der Waals surface area (Å²) >= 11 is 0. The molecule has 4 heterocycles. The highest BCUT2D eigenvalue weighted by molar-refractivity contribution is 5.88. The molecule has 14 nitrogen and oxygen atoms in total. The second kappa shape index (κ2) is 17.7. The Kier molecular flexibility index (Phi) is 11.7. The minimum Gasteiger partial charge on any atom is -0.453 e. The van der Waals surface area contributed by atoms with Gasteiger partial charge in [0.15, 0.2) is 0 Å². The molecule has 0 radical (unpaired) electrons. The third-order valence-corrected chi connectivity index (χ3v) is 11.3. The number of nitrogens with one attached hydrogen (secondary N) is 4. The van der Waals surface area contributed by atoms with Crippen LogP contribution in [0.4, 0.5) is 9.59 Å². The maximum Gasteiger partial charge on any atom is 0.407 e. The molecule has 60 heavy (non-hydrogen) atoms. The molecule has 4 aromatic carbocycles. The normalized spacial score (nSPS) is 17.2. The highest BCUT2D eigenvalue weighted by atomic mass is 16.5. The van der Waals surface area contributed by atoms with Crippen LogP contribution in [0.2, 0.25) is 0 Å². The number of nitrogens with zero attached hydrogens (tertiary/aromatic N) is 4. The van der Waals surface area contributed by atoms with Crippen LogP contribution in [0.5, 0.6) is 0 Å². The number of rotatable bonds is 11. The highest BCUT2D eigenvalue weighted by Gasteiger charge is 2.38. The zero-order valence-corrected chi connectivity index (χ0v) is 33.3. The van der Waals surface area contributed by atoms with Gasteiger partial charge < -0.3 is 34.9 Å². The Balaban J connectivity index is 0.928. The van der Waals surface area contributed by atoms with Crippen LogP contribution in [-0.4, -0.2) is 81.3 Å². The molecular weight excluding hydrogens is 761 g/mol. The summed E-state index contributed by atoms with van der Waals surface area (Å²) in [5.74, 6) is 0.275. The number of hydrogen-bond acceptors (Lipinski definition) is 8. The van der Waals surface area contributed by atoms with Crippen molar-refractivity contribution in [3.05, 3.63) is 144 Å². The molecule has 306 valence electrons. The first-order chi connectivity index (χ1) is 29.3. The number of H-pyrrole nitrogens is 2. The lowest BCUT2D eigenvalue weighted by Gasteiger charge is -2.28. The van der Waals surface area contributed by atoms with E-state index in [0.717, 1.165) is 65.0 Å². The summed E-state index contributed by atoms with van der Waals surface area (Å²) in [6.45, 7) is 1.11. The molecule has 0 bridgehead atoms. The fourth-order valence-electron chi connectivity index (χ4n) is 8.20. The van der Waals surface area contributed by atoms with Crippen LogP contribution in [0.1, 0.15) is 72.5 Å². The molecule has 2 fully saturated rings. The Morgan fingerprint density at radius 3 is 1.67 bits per heavy atom. The second-order valence-corrected chi connectivity index (χ2v) is 14.9. The van der Waals surface area contributed by atoms with Crippen LogP contribution < -0.4 is 10.6 Å². The number of carbonyl (C=O) groups is 4. The van der Waals surface area contributed by atoms with Gasteiger partial charge in [0.2, 0.25) is 5.91 Å². The summed E-state index contributed by atoms with van der Waals surface area (Å²) in [6, 6.07) is 34.5. The monoisotopic (exact) mass is 806 g/mol. The Labute approximate surface area is 347 Å². The Morgan fingerprint density at radius 2 is 1.13 bits per heavy atom. The van der Waals surface area contributed by atoms with Gasteiger partial charge in [0.25, 0.3) is 5.91 Å². The fraction of sp³-hybridized carbons (Fsp3) is 0.261. The van der Waals surface area contributed by atoms with E-state index in [4.69, 9.17) is 14.5 Å². The number of hydrogen-bond donors (Lipinski definition) is 4. The van der Waals surface area contributed by atoms with Crippen LogP contribution in [0.3, 0.4) is 0 Å². The van der Waals surface area contributed by atoms with Crippen molar-refractivity contribution in [2.24, 2.45) is 0 Å². The van der Waals surface area contributed by atoms with Crippen molar-refractivity contribution in [2.45, 2.75) is 49.9 Å². The van der Waals surface area contributed by atoms with E-state index in [1.165, 1.54) is 14.2 Å². The fourth-order valence-corrected chi connectivity index (χ4v) is 8.20. The van der Waals surface area contributed by atoms with Gasteiger partial charge in [0, 0.05) is 18.7 Å². The zero-order chi connectivity index (χ0) is 41.6. The average molecular weight is 807 g/mol. The Bertz CT molecular complexity index is 2260. The Hall–Kier alpha value is -7.22. The number of aromatic nitrogens is 4. The number of amides is 4. The van der Waals surface area contributed by atoms with Gasteiger partial charge >= 0.3 is 12.2 Å². The molecule has 2 aliphatic heterocycles. The van der Waals surface area contributed by atoms with E-state index in [9.17, 15) is 19.2 Å². The molecule has 2 saturated heterocycles. The predicted molar refractivity (Wildman–Crippen MR) is 224 cm³/mol. The standard InChI is InChI=1S/C46H46N8O6/c1-59-45(57)49-40(33-11-5-3-6-12-33)43(55)53-25-9-15-38(53)36-27-35(51-52-36)31-21-17-29(18-22-31)30-19-23-32(24-20-30)37-28-47-42(48-37)39-16-10-26-54(39)44(56)41(50-46(58)60-2)34-13-7-4-8-14-34/h3-8,11-14,17-24,27-28,38-41H,9-10,15-16,25-26H2,1-2H3,(H,47,48)(H,49,57)(H,50,58)(H,51,52)/t38-,39-,40+,41+/m0/s1.